The van der Waals surface area contributed by atoms with E-state index in [4.69, 9.17) is 4.74 Å². The lowest BCUT2D eigenvalue weighted by molar-refractivity contribution is -0.122. The number of hydrogen-bond acceptors (Lipinski definition) is 4. The van der Waals surface area contributed by atoms with Crippen molar-refractivity contribution < 1.29 is 14.3 Å². The molecule has 3 N–H and O–H groups in total. The number of ether oxygens (including phenoxy) is 1. The Morgan fingerprint density at radius 2 is 2.24 bits per heavy atom. The van der Waals surface area contributed by atoms with Gasteiger partial charge in [0.15, 0.2) is 6.10 Å². The molecule has 2 unspecified atom stereocenters. The highest BCUT2D eigenvalue weighted by atomic mass is 16.5. The third-order valence-corrected chi connectivity index (χ3v) is 3.42. The molecule has 1 aromatic rings. The van der Waals surface area contributed by atoms with E-state index in [1.165, 1.54) is 0 Å². The Bertz CT molecular complexity index is 545. The van der Waals surface area contributed by atoms with E-state index in [9.17, 15) is 9.59 Å². The van der Waals surface area contributed by atoms with Gasteiger partial charge in [0.25, 0.3) is 5.91 Å². The van der Waals surface area contributed by atoms with E-state index in [1.54, 1.807) is 25.1 Å². The standard InChI is InChI=1S/C15H21N3O3/c1-4-9(2)16-8-14(19)17-11-5-6-13-12(7-11)18-15(20)10(3)21-13/h5-7,9-10,16H,4,8H2,1-3H3,(H,17,19)(H,18,20). The third-order valence-electron chi connectivity index (χ3n) is 3.42. The number of anilines is 2. The molecule has 6 heteroatoms. The zero-order chi connectivity index (χ0) is 15.4. The maximum absolute atomic E-state index is 11.8. The fourth-order valence-corrected chi connectivity index (χ4v) is 1.90. The molecular weight excluding hydrogens is 270 g/mol. The Hall–Kier alpha value is -2.08. The second kappa shape index (κ2) is 6.58. The van der Waals surface area contributed by atoms with Crippen molar-refractivity contribution in [3.05, 3.63) is 18.2 Å². The van der Waals surface area contributed by atoms with Gasteiger partial charge in [-0.3, -0.25) is 9.59 Å². The van der Waals surface area contributed by atoms with Crippen LogP contribution >= 0.6 is 0 Å². The predicted octanol–water partition coefficient (Wildman–Crippen LogP) is 1.73. The lowest BCUT2D eigenvalue weighted by Crippen LogP contribution is -2.35. The molecule has 0 saturated heterocycles. The molecule has 1 aliphatic rings. The summed E-state index contributed by atoms with van der Waals surface area (Å²) in [6, 6.07) is 5.49. The molecule has 1 aliphatic heterocycles. The minimum atomic E-state index is -0.502. The summed E-state index contributed by atoms with van der Waals surface area (Å²) in [4.78, 5) is 23.4. The normalized spacial score (nSPS) is 18.2. The molecule has 6 nitrogen and oxygen atoms in total. The molecule has 1 aromatic carbocycles. The number of rotatable bonds is 5. The van der Waals surface area contributed by atoms with Crippen LogP contribution in [0.15, 0.2) is 18.2 Å². The van der Waals surface area contributed by atoms with Crippen LogP contribution in [0.25, 0.3) is 0 Å². The molecule has 0 fully saturated rings. The summed E-state index contributed by atoms with van der Waals surface area (Å²) in [5, 5.41) is 8.66. The van der Waals surface area contributed by atoms with Gasteiger partial charge in [-0.2, -0.15) is 0 Å². The summed E-state index contributed by atoms with van der Waals surface area (Å²) < 4.78 is 5.46. The van der Waals surface area contributed by atoms with E-state index in [0.717, 1.165) is 6.42 Å². The number of hydrogen-bond donors (Lipinski definition) is 3. The molecule has 2 rings (SSSR count). The fraction of sp³-hybridized carbons (Fsp3) is 0.467. The van der Waals surface area contributed by atoms with Gasteiger partial charge in [-0.15, -0.1) is 0 Å². The largest absolute Gasteiger partial charge is 0.479 e. The minimum Gasteiger partial charge on any atom is -0.479 e. The molecule has 0 aliphatic carbocycles. The van der Waals surface area contributed by atoms with Crippen LogP contribution < -0.4 is 20.7 Å². The number of benzene rings is 1. The average molecular weight is 291 g/mol. The molecule has 21 heavy (non-hydrogen) atoms. The Kier molecular flexibility index (Phi) is 4.80. The molecule has 0 saturated carbocycles. The molecule has 2 amide bonds. The van der Waals surface area contributed by atoms with E-state index in [-0.39, 0.29) is 18.4 Å². The van der Waals surface area contributed by atoms with Gasteiger partial charge in [0.05, 0.1) is 12.2 Å². The van der Waals surface area contributed by atoms with Crippen LogP contribution in [0.2, 0.25) is 0 Å². The van der Waals surface area contributed by atoms with Crippen LogP contribution in [0, 0.1) is 0 Å². The van der Waals surface area contributed by atoms with E-state index in [0.29, 0.717) is 23.2 Å². The van der Waals surface area contributed by atoms with E-state index >= 15 is 0 Å². The van der Waals surface area contributed by atoms with Crippen molar-refractivity contribution in [2.24, 2.45) is 0 Å². The van der Waals surface area contributed by atoms with Crippen LogP contribution in [0.4, 0.5) is 11.4 Å². The molecular formula is C15H21N3O3. The Labute approximate surface area is 124 Å². The van der Waals surface area contributed by atoms with Crippen LogP contribution in [0.3, 0.4) is 0 Å². The molecule has 2 atom stereocenters. The number of carbonyl (C=O) groups is 2. The second-order valence-electron chi connectivity index (χ2n) is 5.20. The number of nitrogens with one attached hydrogen (secondary N) is 3. The van der Waals surface area contributed by atoms with Crippen molar-refractivity contribution >= 4 is 23.2 Å². The number of carbonyl (C=O) groups excluding carboxylic acids is 2. The predicted molar refractivity (Wildman–Crippen MR) is 81.5 cm³/mol. The second-order valence-corrected chi connectivity index (χ2v) is 5.20. The SMILES string of the molecule is CCC(C)NCC(=O)Nc1ccc2c(c1)NC(=O)C(C)O2. The van der Waals surface area contributed by atoms with Crippen LogP contribution in [0.5, 0.6) is 5.75 Å². The maximum atomic E-state index is 11.8. The summed E-state index contributed by atoms with van der Waals surface area (Å²) in [5.74, 6) is 0.300. The lowest BCUT2D eigenvalue weighted by Gasteiger charge is -2.23. The first-order chi connectivity index (χ1) is 9.99. The van der Waals surface area contributed by atoms with Crippen LogP contribution in [-0.2, 0) is 9.59 Å². The Balaban J connectivity index is 1.98. The van der Waals surface area contributed by atoms with E-state index in [1.807, 2.05) is 6.92 Å². The zero-order valence-corrected chi connectivity index (χ0v) is 12.5. The number of amides is 2. The Morgan fingerprint density at radius 3 is 2.95 bits per heavy atom. The summed E-state index contributed by atoms with van der Waals surface area (Å²) in [6.07, 6.45) is 0.464. The average Bonchev–Trinajstić information content (AvgIpc) is 2.46. The first kappa shape index (κ1) is 15.3. The molecule has 1 heterocycles. The van der Waals surface area contributed by atoms with Crippen LogP contribution in [-0.4, -0.2) is 30.5 Å². The van der Waals surface area contributed by atoms with Crippen molar-refractivity contribution in [2.75, 3.05) is 17.2 Å². The number of fused-ring (bicyclic) bond motifs is 1. The highest BCUT2D eigenvalue weighted by molar-refractivity contribution is 5.99. The first-order valence-electron chi connectivity index (χ1n) is 7.14. The molecule has 0 aromatic heterocycles. The van der Waals surface area contributed by atoms with Crippen molar-refractivity contribution in [2.45, 2.75) is 39.3 Å². The van der Waals surface area contributed by atoms with Gasteiger partial charge >= 0.3 is 0 Å². The highest BCUT2D eigenvalue weighted by Crippen LogP contribution is 2.32. The van der Waals surface area contributed by atoms with E-state index in [2.05, 4.69) is 22.9 Å². The molecule has 114 valence electrons. The van der Waals surface area contributed by atoms with Crippen LogP contribution in [0.1, 0.15) is 27.2 Å². The molecule has 0 bridgehead atoms. The summed E-state index contributed by atoms with van der Waals surface area (Å²) >= 11 is 0. The van der Waals surface area contributed by atoms with Gasteiger partial charge in [-0.05, 0) is 38.5 Å². The lowest BCUT2D eigenvalue weighted by atomic mass is 10.2. The third kappa shape index (κ3) is 3.95. The first-order valence-corrected chi connectivity index (χ1v) is 7.14. The molecule has 0 spiro atoms. The summed E-state index contributed by atoms with van der Waals surface area (Å²) in [5.41, 5.74) is 1.20. The maximum Gasteiger partial charge on any atom is 0.265 e. The van der Waals surface area contributed by atoms with E-state index < -0.39 is 6.10 Å². The monoisotopic (exact) mass is 291 g/mol. The van der Waals surface area contributed by atoms with Gasteiger partial charge in [0.1, 0.15) is 5.75 Å². The summed E-state index contributed by atoms with van der Waals surface area (Å²) in [7, 11) is 0. The van der Waals surface area contributed by atoms with Crippen molar-refractivity contribution in [1.82, 2.24) is 5.32 Å². The minimum absolute atomic E-state index is 0.119. The van der Waals surface area contributed by atoms with Gasteiger partial charge in [-0.25, -0.2) is 0 Å². The molecule has 0 radical (unpaired) electrons. The quantitative estimate of drug-likeness (QED) is 0.772. The van der Waals surface area contributed by atoms with Crippen molar-refractivity contribution in [3.63, 3.8) is 0 Å². The van der Waals surface area contributed by atoms with Gasteiger partial charge in [-0.1, -0.05) is 6.92 Å². The van der Waals surface area contributed by atoms with Crippen molar-refractivity contribution in [1.29, 1.82) is 0 Å². The van der Waals surface area contributed by atoms with Gasteiger partial charge in [0, 0.05) is 11.7 Å². The van der Waals surface area contributed by atoms with Gasteiger partial charge < -0.3 is 20.7 Å². The Morgan fingerprint density at radius 1 is 1.48 bits per heavy atom. The zero-order valence-electron chi connectivity index (χ0n) is 12.5. The smallest absolute Gasteiger partial charge is 0.265 e. The highest BCUT2D eigenvalue weighted by Gasteiger charge is 2.23. The van der Waals surface area contributed by atoms with Crippen molar-refractivity contribution in [3.8, 4) is 5.75 Å². The summed E-state index contributed by atoms with van der Waals surface area (Å²) in [6.45, 7) is 6.03. The topological polar surface area (TPSA) is 79.5 Å². The fourth-order valence-electron chi connectivity index (χ4n) is 1.90. The van der Waals surface area contributed by atoms with Gasteiger partial charge in [0.2, 0.25) is 5.91 Å².